The van der Waals surface area contributed by atoms with Crippen molar-refractivity contribution in [3.8, 4) is 17.2 Å². The third-order valence-electron chi connectivity index (χ3n) is 4.15. The molecule has 0 spiro atoms. The summed E-state index contributed by atoms with van der Waals surface area (Å²) in [6.45, 7) is 1.72. The van der Waals surface area contributed by atoms with Crippen LogP contribution in [-0.2, 0) is 9.59 Å². The van der Waals surface area contributed by atoms with Gasteiger partial charge in [0, 0.05) is 13.0 Å². The van der Waals surface area contributed by atoms with Gasteiger partial charge in [-0.25, -0.2) is 0 Å². The summed E-state index contributed by atoms with van der Waals surface area (Å²) in [5.74, 6) is 0.117. The van der Waals surface area contributed by atoms with E-state index in [-0.39, 0.29) is 0 Å². The number of aliphatic hydroxyl groups excluding tert-OH is 2. The van der Waals surface area contributed by atoms with Crippen LogP contribution < -0.4 is 14.2 Å². The molecule has 0 saturated heterocycles. The lowest BCUT2D eigenvalue weighted by atomic mass is 9.93. The van der Waals surface area contributed by atoms with Crippen molar-refractivity contribution in [2.45, 2.75) is 13.8 Å². The molecule has 0 aliphatic carbocycles. The van der Waals surface area contributed by atoms with E-state index in [1.807, 2.05) is 12.2 Å². The zero-order valence-corrected chi connectivity index (χ0v) is 16.5. The van der Waals surface area contributed by atoms with E-state index in [2.05, 4.69) is 0 Å². The molecule has 0 saturated carbocycles. The number of ether oxygens (including phenoxy) is 3. The summed E-state index contributed by atoms with van der Waals surface area (Å²) in [6.07, 6.45) is 3.66. The minimum absolute atomic E-state index is 0.304. The predicted molar refractivity (Wildman–Crippen MR) is 108 cm³/mol. The van der Waals surface area contributed by atoms with E-state index in [1.165, 1.54) is 21.0 Å². The fraction of sp³-hybridized carbons (Fsp3) is 0.273. The summed E-state index contributed by atoms with van der Waals surface area (Å²) >= 11 is 0. The van der Waals surface area contributed by atoms with Gasteiger partial charge in [-0.15, -0.1) is 0 Å². The first-order valence-electron chi connectivity index (χ1n) is 8.89. The van der Waals surface area contributed by atoms with Gasteiger partial charge in [0.05, 0.1) is 20.3 Å². The first-order chi connectivity index (χ1) is 13.8. The number of hydrogen-bond acceptors (Lipinski definition) is 7. The quantitative estimate of drug-likeness (QED) is 0.399. The number of carbonyl (C=O) groups excluding carboxylic acids is 2. The van der Waals surface area contributed by atoms with Crippen LogP contribution in [0.2, 0.25) is 0 Å². The molecule has 0 amide bonds. The van der Waals surface area contributed by atoms with Crippen molar-refractivity contribution in [1.29, 1.82) is 0 Å². The summed E-state index contributed by atoms with van der Waals surface area (Å²) in [5.41, 5.74) is 0.261. The Morgan fingerprint density at radius 3 is 2.03 bits per heavy atom. The Kier molecular flexibility index (Phi) is 7.52. The normalized spacial score (nSPS) is 11.3. The zero-order valence-electron chi connectivity index (χ0n) is 16.5. The van der Waals surface area contributed by atoms with Crippen molar-refractivity contribution in [3.05, 3.63) is 53.6 Å². The van der Waals surface area contributed by atoms with Gasteiger partial charge in [-0.2, -0.15) is 0 Å². The molecule has 2 aromatic carbocycles. The topological polar surface area (TPSA) is 102 Å². The lowest BCUT2D eigenvalue weighted by Crippen LogP contribution is -2.38. The van der Waals surface area contributed by atoms with E-state index >= 15 is 0 Å². The number of aliphatic hydroxyl groups is 2. The first kappa shape index (κ1) is 22.1. The number of benzene rings is 2. The average molecular weight is 400 g/mol. The summed E-state index contributed by atoms with van der Waals surface area (Å²) in [7, 11) is 1.53. The van der Waals surface area contributed by atoms with Gasteiger partial charge >= 0.3 is 11.9 Å². The van der Waals surface area contributed by atoms with Crippen LogP contribution in [0, 0.1) is 5.41 Å². The molecule has 0 unspecified atom stereocenters. The van der Waals surface area contributed by atoms with Crippen molar-refractivity contribution in [1.82, 2.24) is 0 Å². The van der Waals surface area contributed by atoms with Crippen LogP contribution in [0.5, 0.6) is 17.2 Å². The average Bonchev–Trinajstić information content (AvgIpc) is 2.71. The van der Waals surface area contributed by atoms with Crippen LogP contribution in [0.4, 0.5) is 0 Å². The molecule has 29 heavy (non-hydrogen) atoms. The molecule has 2 aromatic rings. The Morgan fingerprint density at radius 2 is 1.48 bits per heavy atom. The molecule has 0 aliphatic rings. The van der Waals surface area contributed by atoms with Gasteiger partial charge in [-0.1, -0.05) is 24.3 Å². The third-order valence-corrected chi connectivity index (χ3v) is 4.15. The van der Waals surface area contributed by atoms with Crippen molar-refractivity contribution in [2.24, 2.45) is 5.41 Å². The molecule has 0 atom stereocenters. The third kappa shape index (κ3) is 6.17. The van der Waals surface area contributed by atoms with E-state index in [1.54, 1.807) is 42.5 Å². The molecule has 0 aromatic heterocycles. The van der Waals surface area contributed by atoms with Crippen molar-refractivity contribution in [2.75, 3.05) is 20.3 Å². The van der Waals surface area contributed by atoms with Crippen molar-refractivity contribution < 1.29 is 34.0 Å². The van der Waals surface area contributed by atoms with E-state index in [0.717, 1.165) is 11.1 Å². The number of rotatable bonds is 8. The molecule has 2 N–H and O–H groups in total. The maximum absolute atomic E-state index is 12.1. The van der Waals surface area contributed by atoms with Gasteiger partial charge in [0.2, 0.25) is 0 Å². The van der Waals surface area contributed by atoms with E-state index in [0.29, 0.717) is 17.2 Å². The molecule has 7 heteroatoms. The molecule has 2 rings (SSSR count). The minimum atomic E-state index is -1.36. The standard InChI is InChI=1S/C22H24O7/c1-15(25)28-20-11-17(10-19(12-20)27-3)5-4-16-6-8-18(9-7-16)29-21(26)22(2,13-23)14-24/h4-12,23-24H,13-14H2,1-3H3/b5-4+. The SMILES string of the molecule is COc1cc(/C=C/c2ccc(OC(=O)C(C)(CO)CO)cc2)cc(OC(C)=O)c1. The Balaban J connectivity index is 2.12. The highest BCUT2D eigenvalue weighted by Gasteiger charge is 2.34. The largest absolute Gasteiger partial charge is 0.497 e. The molecule has 0 radical (unpaired) electrons. The molecular formula is C22H24O7. The fourth-order valence-electron chi connectivity index (χ4n) is 2.28. The summed E-state index contributed by atoms with van der Waals surface area (Å²) in [4.78, 5) is 23.2. The number of esters is 2. The maximum Gasteiger partial charge on any atom is 0.321 e. The van der Waals surface area contributed by atoms with Gasteiger partial charge in [0.25, 0.3) is 0 Å². The van der Waals surface area contributed by atoms with Crippen LogP contribution in [0.15, 0.2) is 42.5 Å². The molecule has 0 aliphatic heterocycles. The second-order valence-electron chi connectivity index (χ2n) is 6.70. The van der Waals surface area contributed by atoms with E-state index in [9.17, 15) is 19.8 Å². The second kappa shape index (κ2) is 9.86. The smallest absolute Gasteiger partial charge is 0.321 e. The Hall–Kier alpha value is -3.16. The highest BCUT2D eigenvalue weighted by Crippen LogP contribution is 2.25. The predicted octanol–water partition coefficient (Wildman–Crippen LogP) is 2.69. The number of carbonyl (C=O) groups is 2. The van der Waals surface area contributed by atoms with Gasteiger partial charge in [-0.05, 0) is 42.3 Å². The van der Waals surface area contributed by atoms with Gasteiger partial charge in [0.15, 0.2) is 0 Å². The van der Waals surface area contributed by atoms with Gasteiger partial charge < -0.3 is 24.4 Å². The van der Waals surface area contributed by atoms with E-state index in [4.69, 9.17) is 14.2 Å². The molecule has 7 nitrogen and oxygen atoms in total. The monoisotopic (exact) mass is 400 g/mol. The maximum atomic E-state index is 12.1. The molecule has 154 valence electrons. The lowest BCUT2D eigenvalue weighted by molar-refractivity contribution is -0.150. The van der Waals surface area contributed by atoms with Gasteiger partial charge in [0.1, 0.15) is 22.7 Å². The summed E-state index contributed by atoms with van der Waals surface area (Å²) in [6, 6.07) is 11.9. The molecular weight excluding hydrogens is 376 g/mol. The van der Waals surface area contributed by atoms with Crippen LogP contribution >= 0.6 is 0 Å². The van der Waals surface area contributed by atoms with Crippen molar-refractivity contribution >= 4 is 24.1 Å². The van der Waals surface area contributed by atoms with Gasteiger partial charge in [-0.3, -0.25) is 9.59 Å². The van der Waals surface area contributed by atoms with Crippen molar-refractivity contribution in [3.63, 3.8) is 0 Å². The second-order valence-corrected chi connectivity index (χ2v) is 6.70. The highest BCUT2D eigenvalue weighted by molar-refractivity contribution is 5.79. The Bertz CT molecular complexity index is 881. The lowest BCUT2D eigenvalue weighted by Gasteiger charge is -2.21. The highest BCUT2D eigenvalue weighted by atomic mass is 16.5. The summed E-state index contributed by atoms with van der Waals surface area (Å²) in [5, 5.41) is 18.5. The van der Waals surface area contributed by atoms with Crippen LogP contribution in [0.1, 0.15) is 25.0 Å². The zero-order chi connectivity index (χ0) is 21.4. The first-order valence-corrected chi connectivity index (χ1v) is 8.89. The molecule has 0 bridgehead atoms. The number of hydrogen-bond donors (Lipinski definition) is 2. The van der Waals surface area contributed by atoms with Crippen LogP contribution in [0.3, 0.4) is 0 Å². The van der Waals surface area contributed by atoms with E-state index < -0.39 is 30.6 Å². The van der Waals surface area contributed by atoms with Crippen LogP contribution in [0.25, 0.3) is 12.2 Å². The molecule has 0 fully saturated rings. The fourth-order valence-corrected chi connectivity index (χ4v) is 2.28. The molecule has 0 heterocycles. The number of methoxy groups -OCH3 is 1. The summed E-state index contributed by atoms with van der Waals surface area (Å²) < 4.78 is 15.5. The Labute approximate surface area is 169 Å². The van der Waals surface area contributed by atoms with Crippen LogP contribution in [-0.4, -0.2) is 42.5 Å². The Morgan fingerprint density at radius 1 is 0.897 bits per heavy atom. The minimum Gasteiger partial charge on any atom is -0.497 e.